The van der Waals surface area contributed by atoms with E-state index in [4.69, 9.17) is 10.6 Å². The van der Waals surface area contributed by atoms with Gasteiger partial charge in [-0.2, -0.15) is 0 Å². The number of carbonyl (C=O) groups is 2. The van der Waals surface area contributed by atoms with Crippen LogP contribution in [-0.2, 0) is 25.2 Å². The van der Waals surface area contributed by atoms with E-state index in [0.717, 1.165) is 30.6 Å². The van der Waals surface area contributed by atoms with Crippen LogP contribution >= 0.6 is 0 Å². The van der Waals surface area contributed by atoms with Gasteiger partial charge in [-0.15, -0.1) is 5.06 Å². The van der Waals surface area contributed by atoms with Crippen molar-refractivity contribution in [1.82, 2.24) is 9.96 Å². The molecule has 148 valence electrons. The van der Waals surface area contributed by atoms with Gasteiger partial charge in [0.1, 0.15) is 5.82 Å². The van der Waals surface area contributed by atoms with Crippen LogP contribution in [0.5, 0.6) is 0 Å². The van der Waals surface area contributed by atoms with Crippen molar-refractivity contribution in [2.45, 2.75) is 31.8 Å². The zero-order chi connectivity index (χ0) is 19.6. The second-order valence-corrected chi connectivity index (χ2v) is 8.66. The molecule has 0 aliphatic carbocycles. The van der Waals surface area contributed by atoms with Gasteiger partial charge in [0.05, 0.1) is 6.04 Å². The monoisotopic (exact) mass is 397 g/mol. The normalized spacial score (nSPS) is 25.3. The Labute approximate surface area is 160 Å². The fourth-order valence-electron chi connectivity index (χ4n) is 3.83. The van der Waals surface area contributed by atoms with Gasteiger partial charge in [-0.05, 0) is 43.0 Å². The average Bonchev–Trinajstić information content (AvgIpc) is 2.63. The van der Waals surface area contributed by atoms with Crippen molar-refractivity contribution in [3.8, 4) is 0 Å². The summed E-state index contributed by atoms with van der Waals surface area (Å²) in [4.78, 5) is 30.3. The first-order valence-electron chi connectivity index (χ1n) is 8.98. The molecule has 2 aliphatic rings. The third-order valence-electron chi connectivity index (χ3n) is 5.25. The van der Waals surface area contributed by atoms with Crippen molar-refractivity contribution >= 4 is 22.7 Å². The van der Waals surface area contributed by atoms with Gasteiger partial charge in [-0.1, -0.05) is 6.07 Å². The highest BCUT2D eigenvalue weighted by Gasteiger charge is 2.37. The minimum absolute atomic E-state index is 0.236. The third-order valence-corrected chi connectivity index (χ3v) is 6.52. The summed E-state index contributed by atoms with van der Waals surface area (Å²) in [5, 5.41) is 1.48. The van der Waals surface area contributed by atoms with E-state index < -0.39 is 22.7 Å². The number of piperidine rings is 1. The lowest BCUT2D eigenvalue weighted by molar-refractivity contribution is -0.212. The Morgan fingerprint density at radius 1 is 1.26 bits per heavy atom. The first kappa shape index (κ1) is 19.9. The first-order chi connectivity index (χ1) is 12.8. The minimum atomic E-state index is -1.15. The Kier molecular flexibility index (Phi) is 6.23. The van der Waals surface area contributed by atoms with Crippen LogP contribution in [0.4, 0.5) is 4.39 Å². The standard InChI is InChI=1S/C18H24FN3O4S/c1-12-10-13(19)2-3-15(12)16-11-14(21-6-8-27(25)9-7-21)4-5-22(16)26-18(24)17(20)23/h2-3,10,14,16H,4-9,11H2,1H3,(H2,20,23). The lowest BCUT2D eigenvalue weighted by Crippen LogP contribution is -2.51. The van der Waals surface area contributed by atoms with Crippen molar-refractivity contribution in [3.05, 3.63) is 35.1 Å². The Hall–Kier alpha value is -1.84. The van der Waals surface area contributed by atoms with Crippen molar-refractivity contribution in [2.75, 3.05) is 31.1 Å². The van der Waals surface area contributed by atoms with E-state index in [1.54, 1.807) is 13.0 Å². The molecule has 27 heavy (non-hydrogen) atoms. The van der Waals surface area contributed by atoms with Crippen LogP contribution in [0.3, 0.4) is 0 Å². The summed E-state index contributed by atoms with van der Waals surface area (Å²) in [6.45, 7) is 3.78. The van der Waals surface area contributed by atoms with Crippen LogP contribution in [0, 0.1) is 12.7 Å². The highest BCUT2D eigenvalue weighted by atomic mass is 32.2. The number of hydrogen-bond donors (Lipinski definition) is 1. The van der Waals surface area contributed by atoms with Crippen molar-refractivity contribution < 1.29 is 23.0 Å². The molecule has 3 rings (SSSR count). The van der Waals surface area contributed by atoms with Crippen LogP contribution in [0.1, 0.15) is 30.0 Å². The maximum Gasteiger partial charge on any atom is 0.415 e. The zero-order valence-electron chi connectivity index (χ0n) is 15.2. The van der Waals surface area contributed by atoms with E-state index in [1.807, 2.05) is 0 Å². The second kappa shape index (κ2) is 8.45. The number of benzene rings is 1. The number of aryl methyl sites for hydroxylation is 1. The van der Waals surface area contributed by atoms with Crippen LogP contribution in [0.2, 0.25) is 0 Å². The molecule has 2 aliphatic heterocycles. The van der Waals surface area contributed by atoms with Crippen LogP contribution < -0.4 is 5.73 Å². The molecule has 2 fully saturated rings. The Bertz CT molecular complexity index is 750. The molecule has 1 aromatic carbocycles. The number of rotatable bonds is 3. The summed E-state index contributed by atoms with van der Waals surface area (Å²) >= 11 is 0. The molecule has 2 N–H and O–H groups in total. The van der Waals surface area contributed by atoms with E-state index in [2.05, 4.69) is 4.90 Å². The van der Waals surface area contributed by atoms with Gasteiger partial charge >= 0.3 is 11.9 Å². The molecular formula is C18H24FN3O4S. The molecular weight excluding hydrogens is 373 g/mol. The van der Waals surface area contributed by atoms with Crippen molar-refractivity contribution in [1.29, 1.82) is 0 Å². The topological polar surface area (TPSA) is 92.9 Å². The number of nitrogens with zero attached hydrogens (tertiary/aromatic N) is 2. The smallest absolute Gasteiger partial charge is 0.360 e. The number of halogens is 1. The number of hydrogen-bond acceptors (Lipinski definition) is 6. The number of nitrogens with two attached hydrogens (primary N) is 1. The van der Waals surface area contributed by atoms with E-state index in [1.165, 1.54) is 17.2 Å². The largest absolute Gasteiger partial charge is 0.415 e. The van der Waals surface area contributed by atoms with Crippen molar-refractivity contribution in [3.63, 3.8) is 0 Å². The van der Waals surface area contributed by atoms with Crippen LogP contribution in [-0.4, -0.2) is 63.2 Å². The number of carbonyl (C=O) groups excluding carboxylic acids is 2. The Balaban J connectivity index is 1.82. The Morgan fingerprint density at radius 3 is 2.59 bits per heavy atom. The summed E-state index contributed by atoms with van der Waals surface area (Å²) in [5.74, 6) is -1.26. The third kappa shape index (κ3) is 4.72. The number of amides is 1. The van der Waals surface area contributed by atoms with E-state index in [9.17, 15) is 18.2 Å². The molecule has 0 saturated carbocycles. The van der Waals surface area contributed by atoms with E-state index in [0.29, 0.717) is 24.5 Å². The summed E-state index contributed by atoms with van der Waals surface area (Å²) < 4.78 is 25.2. The van der Waals surface area contributed by atoms with Gasteiger partial charge in [0, 0.05) is 48.0 Å². The molecule has 0 spiro atoms. The van der Waals surface area contributed by atoms with E-state index >= 15 is 0 Å². The summed E-state index contributed by atoms with van der Waals surface area (Å²) in [6, 6.07) is 4.44. The van der Waals surface area contributed by atoms with E-state index in [-0.39, 0.29) is 17.9 Å². The van der Waals surface area contributed by atoms with Gasteiger partial charge in [0.15, 0.2) is 0 Å². The SMILES string of the molecule is Cc1cc(F)ccc1C1CC(N2CCS(=O)CC2)CCN1OC(=O)C(N)=O. The average molecular weight is 397 g/mol. The molecule has 1 aromatic rings. The first-order valence-corrected chi connectivity index (χ1v) is 10.5. The predicted octanol–water partition coefficient (Wildman–Crippen LogP) is 0.647. The van der Waals surface area contributed by atoms with Crippen LogP contribution in [0.15, 0.2) is 18.2 Å². The lowest BCUT2D eigenvalue weighted by Gasteiger charge is -2.43. The lowest BCUT2D eigenvalue weighted by atomic mass is 9.90. The van der Waals surface area contributed by atoms with Gasteiger partial charge in [0.2, 0.25) is 0 Å². The fraction of sp³-hybridized carbons (Fsp3) is 0.556. The molecule has 2 heterocycles. The second-order valence-electron chi connectivity index (χ2n) is 6.96. The maximum absolute atomic E-state index is 13.5. The minimum Gasteiger partial charge on any atom is -0.360 e. The molecule has 2 atom stereocenters. The number of primary amides is 1. The number of hydroxylamine groups is 2. The molecule has 0 aromatic heterocycles. The maximum atomic E-state index is 13.5. The molecule has 2 saturated heterocycles. The molecule has 7 nitrogen and oxygen atoms in total. The molecule has 9 heteroatoms. The predicted molar refractivity (Wildman–Crippen MR) is 98.3 cm³/mol. The Morgan fingerprint density at radius 2 is 1.96 bits per heavy atom. The van der Waals surface area contributed by atoms with Gasteiger partial charge in [-0.25, -0.2) is 9.18 Å². The van der Waals surface area contributed by atoms with Gasteiger partial charge < -0.3 is 10.6 Å². The molecule has 0 radical (unpaired) electrons. The highest BCUT2D eigenvalue weighted by molar-refractivity contribution is 7.85. The quantitative estimate of drug-likeness (QED) is 0.753. The highest BCUT2D eigenvalue weighted by Crippen LogP contribution is 2.35. The fourth-order valence-corrected chi connectivity index (χ4v) is 4.91. The molecule has 2 unspecified atom stereocenters. The van der Waals surface area contributed by atoms with Crippen LogP contribution in [0.25, 0.3) is 0 Å². The summed E-state index contributed by atoms with van der Waals surface area (Å²) in [5.41, 5.74) is 6.61. The van der Waals surface area contributed by atoms with Gasteiger partial charge in [0.25, 0.3) is 0 Å². The zero-order valence-corrected chi connectivity index (χ0v) is 16.0. The summed E-state index contributed by atoms with van der Waals surface area (Å²) in [7, 11) is -0.751. The molecule has 0 bridgehead atoms. The summed E-state index contributed by atoms with van der Waals surface area (Å²) in [6.07, 6.45) is 1.40. The molecule has 1 amide bonds. The van der Waals surface area contributed by atoms with Gasteiger partial charge in [-0.3, -0.25) is 13.9 Å². The van der Waals surface area contributed by atoms with Crippen molar-refractivity contribution in [2.24, 2.45) is 5.73 Å².